The molecule has 0 unspecified atom stereocenters. The Morgan fingerprint density at radius 3 is 0.822 bits per heavy atom. The summed E-state index contributed by atoms with van der Waals surface area (Å²) in [5.41, 5.74) is 16.5. The van der Waals surface area contributed by atoms with Gasteiger partial charge < -0.3 is 9.97 Å². The van der Waals surface area contributed by atoms with Gasteiger partial charge in [0.2, 0.25) is 0 Å². The molecular weight excluding hydrogens is 602 g/mol. The van der Waals surface area contributed by atoms with E-state index >= 15 is 0 Å². The van der Waals surface area contributed by atoms with E-state index in [1.165, 1.54) is 0 Å². The van der Waals surface area contributed by atoms with Crippen molar-refractivity contribution >= 4 is 43.6 Å². The summed E-state index contributed by atoms with van der Waals surface area (Å²) in [5.74, 6) is 0. The van der Waals surface area contributed by atoms with Crippen LogP contribution in [0.4, 0.5) is 0 Å². The van der Waals surface area contributed by atoms with Crippen molar-refractivity contribution in [1.82, 2.24) is 19.9 Å². The Morgan fingerprint density at radius 1 is 0.356 bits per heavy atom. The quantitative estimate of drug-likeness (QED) is 0.157. The number of nitrogens with zero attached hydrogens (tertiary/aromatic N) is 4. The Hall–Kier alpha value is -4.86. The Balaban J connectivity index is 0.00000300. The van der Waals surface area contributed by atoms with Gasteiger partial charge in [-0.1, -0.05) is 97.1 Å². The van der Waals surface area contributed by atoms with E-state index in [9.17, 15) is 0 Å². The summed E-state index contributed by atoms with van der Waals surface area (Å²) >= 11 is 0. The topological polar surface area (TPSA) is 54.0 Å². The first kappa shape index (κ1) is 27.7. The number of benzene rings is 4. The molecule has 0 radical (unpaired) electrons. The van der Waals surface area contributed by atoms with Crippen molar-refractivity contribution in [3.05, 3.63) is 119 Å². The van der Waals surface area contributed by atoms with Gasteiger partial charge in [0.1, 0.15) is 0 Å². The largest absolute Gasteiger partial charge is 2.00 e. The molecule has 0 aliphatic carbocycles. The summed E-state index contributed by atoms with van der Waals surface area (Å²) < 4.78 is 0. The van der Waals surface area contributed by atoms with Crippen LogP contribution in [0.5, 0.6) is 0 Å². The van der Waals surface area contributed by atoms with Gasteiger partial charge in [-0.2, -0.15) is 0 Å². The molecule has 0 saturated heterocycles. The van der Waals surface area contributed by atoms with Crippen LogP contribution in [-0.4, -0.2) is 9.97 Å². The molecule has 3 aromatic heterocycles. The van der Waals surface area contributed by atoms with Crippen molar-refractivity contribution in [1.29, 1.82) is 0 Å². The molecular formula is C40H28N4Zn. The standard InChI is InChI=1S/C40H28N4.Zn/c1-21-33-25-13-5-7-15-27(25)35(41-33)22(2)37-29-17-9-11-19-31(29)39(43-37)24(4)40-32-20-12-10-18-30(32)38(44-40)23(3)36-28-16-8-6-14-26(28)34(21)42-36;/h5-20H,1-4H3;/q-2;+2. The van der Waals surface area contributed by atoms with Crippen LogP contribution in [0.15, 0.2) is 97.1 Å². The fraction of sp³-hybridized carbons (Fsp3) is 0.100. The SMILES string of the molecule is Cc1c2nc(c(C)c3[n-]c(c(C)c4nc(c(C)c5[n-]c1c1ccccc51)-c1ccccc1-4)c1ccccc31)-c1ccccc1-2.[Zn+2]. The Kier molecular flexibility index (Phi) is 6.20. The number of aryl methyl sites for hydroxylation is 4. The van der Waals surface area contributed by atoms with E-state index in [0.717, 1.165) is 111 Å². The van der Waals surface area contributed by atoms with Gasteiger partial charge in [-0.15, -0.1) is 22.1 Å². The van der Waals surface area contributed by atoms with Crippen LogP contribution in [-0.2, 0) is 19.5 Å². The van der Waals surface area contributed by atoms with Crippen LogP contribution >= 0.6 is 0 Å². The number of hydrogen-bond acceptors (Lipinski definition) is 2. The average molecular weight is 630 g/mol. The van der Waals surface area contributed by atoms with E-state index in [2.05, 4.69) is 125 Å². The van der Waals surface area contributed by atoms with Gasteiger partial charge in [0.05, 0.1) is 22.8 Å². The van der Waals surface area contributed by atoms with Gasteiger partial charge >= 0.3 is 19.5 Å². The summed E-state index contributed by atoms with van der Waals surface area (Å²) in [6.07, 6.45) is 0. The van der Waals surface area contributed by atoms with Gasteiger partial charge in [0.25, 0.3) is 0 Å². The monoisotopic (exact) mass is 628 g/mol. The molecule has 0 saturated carbocycles. The first-order valence-electron chi connectivity index (χ1n) is 15.1. The van der Waals surface area contributed by atoms with Crippen molar-refractivity contribution in [2.75, 3.05) is 0 Å². The van der Waals surface area contributed by atoms with Crippen LogP contribution in [0.3, 0.4) is 0 Å². The summed E-state index contributed by atoms with van der Waals surface area (Å²) in [5, 5.41) is 4.52. The Bertz CT molecular complexity index is 2210. The summed E-state index contributed by atoms with van der Waals surface area (Å²) in [6.45, 7) is 8.63. The molecule has 9 rings (SSSR count). The fourth-order valence-electron chi connectivity index (χ4n) is 7.25. The fourth-order valence-corrected chi connectivity index (χ4v) is 7.25. The van der Waals surface area contributed by atoms with Crippen molar-refractivity contribution < 1.29 is 19.5 Å². The minimum atomic E-state index is 0. The second-order valence-corrected chi connectivity index (χ2v) is 11.9. The maximum atomic E-state index is 5.38. The molecule has 0 atom stereocenters. The molecule has 0 amide bonds. The molecule has 8 bridgehead atoms. The molecule has 5 heterocycles. The van der Waals surface area contributed by atoms with E-state index in [1.807, 2.05) is 0 Å². The van der Waals surface area contributed by atoms with Crippen LogP contribution in [0.1, 0.15) is 22.3 Å². The number of hydrogen-bond donors (Lipinski definition) is 0. The molecule has 2 aliphatic rings. The molecule has 5 heteroatoms. The molecule has 210 valence electrons. The Morgan fingerprint density at radius 2 is 0.578 bits per heavy atom. The van der Waals surface area contributed by atoms with Gasteiger partial charge in [0.15, 0.2) is 0 Å². The van der Waals surface area contributed by atoms with Gasteiger partial charge in [-0.3, -0.25) is 0 Å². The first-order valence-corrected chi connectivity index (χ1v) is 15.1. The van der Waals surface area contributed by atoms with Crippen LogP contribution < -0.4 is 9.97 Å². The summed E-state index contributed by atoms with van der Waals surface area (Å²) in [7, 11) is 0. The summed E-state index contributed by atoms with van der Waals surface area (Å²) in [4.78, 5) is 21.5. The van der Waals surface area contributed by atoms with E-state index in [-0.39, 0.29) is 19.5 Å². The second kappa shape index (κ2) is 10.1. The normalized spacial score (nSPS) is 11.8. The van der Waals surface area contributed by atoms with Gasteiger partial charge in [0, 0.05) is 22.3 Å². The molecule has 45 heavy (non-hydrogen) atoms. The zero-order chi connectivity index (χ0) is 29.7. The predicted molar refractivity (Wildman–Crippen MR) is 182 cm³/mol. The van der Waals surface area contributed by atoms with E-state index in [0.29, 0.717) is 0 Å². The third kappa shape index (κ3) is 3.80. The van der Waals surface area contributed by atoms with Crippen LogP contribution in [0.2, 0.25) is 0 Å². The Labute approximate surface area is 274 Å². The first-order chi connectivity index (χ1) is 21.5. The molecule has 4 nitrogen and oxygen atoms in total. The molecule has 0 spiro atoms. The minimum Gasteiger partial charge on any atom is -0.656 e. The smallest absolute Gasteiger partial charge is 0.656 e. The van der Waals surface area contributed by atoms with E-state index < -0.39 is 0 Å². The third-order valence-corrected chi connectivity index (χ3v) is 9.49. The molecule has 0 N–H and O–H groups in total. The predicted octanol–water partition coefficient (Wildman–Crippen LogP) is 9.78. The molecule has 4 aromatic carbocycles. The summed E-state index contributed by atoms with van der Waals surface area (Å²) in [6, 6.07) is 34.2. The third-order valence-electron chi connectivity index (χ3n) is 9.49. The van der Waals surface area contributed by atoms with Crippen molar-refractivity contribution in [2.24, 2.45) is 0 Å². The molecule has 0 fully saturated rings. The minimum absolute atomic E-state index is 0. The number of rotatable bonds is 0. The van der Waals surface area contributed by atoms with Gasteiger partial charge in [-0.25, -0.2) is 9.97 Å². The van der Waals surface area contributed by atoms with Gasteiger partial charge in [-0.05, 0) is 71.5 Å². The van der Waals surface area contributed by atoms with Crippen LogP contribution in [0.25, 0.3) is 88.6 Å². The van der Waals surface area contributed by atoms with Crippen molar-refractivity contribution in [3.63, 3.8) is 0 Å². The van der Waals surface area contributed by atoms with E-state index in [1.54, 1.807) is 0 Å². The van der Waals surface area contributed by atoms with Crippen molar-refractivity contribution in [3.8, 4) is 45.0 Å². The van der Waals surface area contributed by atoms with Crippen molar-refractivity contribution in [2.45, 2.75) is 27.7 Å². The molecule has 2 aliphatic heterocycles. The second-order valence-electron chi connectivity index (χ2n) is 11.9. The maximum Gasteiger partial charge on any atom is 2.00 e. The maximum absolute atomic E-state index is 5.38. The van der Waals surface area contributed by atoms with E-state index in [4.69, 9.17) is 19.9 Å². The average Bonchev–Trinajstić information content (AvgIpc) is 3.84. The number of fused-ring (bicyclic) bond motifs is 20. The number of aromatic nitrogens is 4. The molecule has 7 aromatic rings. The van der Waals surface area contributed by atoms with Crippen LogP contribution in [0, 0.1) is 27.7 Å². The zero-order valence-corrected chi connectivity index (χ0v) is 28.7. The zero-order valence-electron chi connectivity index (χ0n) is 25.7.